The molecule has 0 N–H and O–H groups in total. The summed E-state index contributed by atoms with van der Waals surface area (Å²) in [4.78, 5) is 24.4. The number of Topliss-reactive ketones (excluding diaryl/α,β-unsaturated/α-hetero) is 1. The van der Waals surface area contributed by atoms with Gasteiger partial charge in [0.15, 0.2) is 0 Å². The highest BCUT2D eigenvalue weighted by atomic mass is 35.5. The zero-order valence-electron chi connectivity index (χ0n) is 9.33. The lowest BCUT2D eigenvalue weighted by Crippen LogP contribution is -2.32. The number of carbonyl (C=O) groups excluding carboxylic acids is 2. The van der Waals surface area contributed by atoms with Crippen molar-refractivity contribution in [2.24, 2.45) is 0 Å². The van der Waals surface area contributed by atoms with E-state index in [0.29, 0.717) is 10.7 Å². The summed E-state index contributed by atoms with van der Waals surface area (Å²) in [6.07, 6.45) is 0. The van der Waals surface area contributed by atoms with Crippen LogP contribution in [-0.4, -0.2) is 29.5 Å². The first-order valence-corrected chi connectivity index (χ1v) is 6.52. The second-order valence-corrected chi connectivity index (χ2v) is 5.34. The monoisotopic (exact) mass is 309 g/mol. The number of carbonyl (C=O) groups is 2. The smallest absolute Gasteiger partial charge is 0.304 e. The van der Waals surface area contributed by atoms with Gasteiger partial charge in [-0.05, 0) is 30.0 Å². The number of amides is 1. The third kappa shape index (κ3) is 3.03. The van der Waals surface area contributed by atoms with Crippen molar-refractivity contribution in [2.45, 2.75) is 5.51 Å². The lowest BCUT2D eigenvalue weighted by Gasteiger charge is -2.16. The molecule has 2 rings (SSSR count). The summed E-state index contributed by atoms with van der Waals surface area (Å²) < 4.78 is 36.1. The van der Waals surface area contributed by atoms with Gasteiger partial charge in [0.1, 0.15) is 0 Å². The van der Waals surface area contributed by atoms with Crippen LogP contribution in [0.3, 0.4) is 0 Å². The van der Waals surface area contributed by atoms with E-state index in [1.807, 2.05) is 0 Å². The van der Waals surface area contributed by atoms with Crippen LogP contribution in [0, 0.1) is 0 Å². The summed E-state index contributed by atoms with van der Waals surface area (Å²) in [5, 5.41) is 0.298. The topological polar surface area (TPSA) is 37.4 Å². The predicted octanol–water partition coefficient (Wildman–Crippen LogP) is 3.12. The Hall–Kier alpha value is -1.21. The van der Waals surface area contributed by atoms with Crippen molar-refractivity contribution in [1.82, 2.24) is 0 Å². The Bertz CT molecular complexity index is 547. The Morgan fingerprint density at radius 3 is 2.58 bits per heavy atom. The molecule has 0 saturated heterocycles. The minimum absolute atomic E-state index is 0.134. The maximum absolute atomic E-state index is 12.0. The second kappa shape index (κ2) is 5.05. The Balaban J connectivity index is 2.15. The molecule has 0 spiro atoms. The van der Waals surface area contributed by atoms with Gasteiger partial charge in [-0.15, -0.1) is 0 Å². The normalized spacial score (nSPS) is 15.1. The standard InChI is InChI=1S/C11H7ClF3NO2S/c12-6-1-2-8-7(5-6)9(17)10(18)16(8)3-4-19-11(13,14)15/h1-2,5H,3-4H2. The fourth-order valence-corrected chi connectivity index (χ4v) is 2.42. The second-order valence-electron chi connectivity index (χ2n) is 3.74. The van der Waals surface area contributed by atoms with E-state index in [2.05, 4.69) is 0 Å². The molecular weight excluding hydrogens is 303 g/mol. The van der Waals surface area contributed by atoms with Gasteiger partial charge in [0, 0.05) is 17.3 Å². The molecule has 0 aliphatic carbocycles. The van der Waals surface area contributed by atoms with E-state index in [4.69, 9.17) is 11.6 Å². The molecule has 8 heteroatoms. The highest BCUT2D eigenvalue weighted by molar-refractivity contribution is 8.00. The van der Waals surface area contributed by atoms with Crippen molar-refractivity contribution in [2.75, 3.05) is 17.2 Å². The highest BCUT2D eigenvalue weighted by Gasteiger charge is 2.36. The number of fused-ring (bicyclic) bond motifs is 1. The van der Waals surface area contributed by atoms with Crippen molar-refractivity contribution in [3.63, 3.8) is 0 Å². The average Bonchev–Trinajstić information content (AvgIpc) is 2.53. The van der Waals surface area contributed by atoms with E-state index in [1.165, 1.54) is 18.2 Å². The van der Waals surface area contributed by atoms with Crippen LogP contribution in [0.5, 0.6) is 0 Å². The molecule has 0 atom stereocenters. The van der Waals surface area contributed by atoms with Crippen LogP contribution in [0.4, 0.5) is 18.9 Å². The zero-order valence-corrected chi connectivity index (χ0v) is 10.9. The number of thioether (sulfide) groups is 1. The van der Waals surface area contributed by atoms with Crippen molar-refractivity contribution < 1.29 is 22.8 Å². The minimum Gasteiger partial charge on any atom is -0.304 e. The average molecular weight is 310 g/mol. The van der Waals surface area contributed by atoms with Gasteiger partial charge in [0.25, 0.3) is 11.7 Å². The molecule has 1 aromatic rings. The van der Waals surface area contributed by atoms with E-state index in [-0.39, 0.29) is 29.6 Å². The number of ketones is 1. The van der Waals surface area contributed by atoms with Gasteiger partial charge in [0.05, 0.1) is 11.3 Å². The van der Waals surface area contributed by atoms with E-state index in [0.717, 1.165) is 4.90 Å². The Labute approximate surface area is 115 Å². The quantitative estimate of drug-likeness (QED) is 0.805. The van der Waals surface area contributed by atoms with Crippen molar-refractivity contribution in [3.8, 4) is 0 Å². The number of nitrogens with zero attached hydrogens (tertiary/aromatic N) is 1. The first-order chi connectivity index (χ1) is 8.79. The van der Waals surface area contributed by atoms with Crippen molar-refractivity contribution in [3.05, 3.63) is 28.8 Å². The lowest BCUT2D eigenvalue weighted by atomic mass is 10.1. The van der Waals surface area contributed by atoms with Crippen LogP contribution in [-0.2, 0) is 4.79 Å². The van der Waals surface area contributed by atoms with Gasteiger partial charge in [0.2, 0.25) is 0 Å². The van der Waals surface area contributed by atoms with Gasteiger partial charge in [-0.25, -0.2) is 0 Å². The molecule has 0 radical (unpaired) electrons. The van der Waals surface area contributed by atoms with E-state index < -0.39 is 17.2 Å². The van der Waals surface area contributed by atoms with Crippen LogP contribution in [0.1, 0.15) is 10.4 Å². The number of benzene rings is 1. The summed E-state index contributed by atoms with van der Waals surface area (Å²) in [5.41, 5.74) is -3.91. The first kappa shape index (κ1) is 14.2. The molecule has 0 bridgehead atoms. The number of anilines is 1. The van der Waals surface area contributed by atoms with Gasteiger partial charge in [-0.1, -0.05) is 11.6 Å². The molecule has 3 nitrogen and oxygen atoms in total. The maximum atomic E-state index is 12.0. The highest BCUT2D eigenvalue weighted by Crippen LogP contribution is 2.33. The molecule has 1 aliphatic heterocycles. The number of halogens is 4. The minimum atomic E-state index is -4.35. The van der Waals surface area contributed by atoms with Crippen LogP contribution in [0.25, 0.3) is 0 Å². The molecule has 102 valence electrons. The van der Waals surface area contributed by atoms with Crippen LogP contribution in [0.15, 0.2) is 18.2 Å². The fourth-order valence-electron chi connectivity index (χ4n) is 1.75. The van der Waals surface area contributed by atoms with Crippen LogP contribution >= 0.6 is 23.4 Å². The molecule has 1 aromatic carbocycles. The van der Waals surface area contributed by atoms with Gasteiger partial charge >= 0.3 is 5.51 Å². The molecule has 0 aromatic heterocycles. The van der Waals surface area contributed by atoms with Crippen molar-refractivity contribution in [1.29, 1.82) is 0 Å². The summed E-state index contributed by atoms with van der Waals surface area (Å²) in [7, 11) is 0. The van der Waals surface area contributed by atoms with Crippen molar-refractivity contribution >= 4 is 40.7 Å². The Morgan fingerprint density at radius 2 is 1.95 bits per heavy atom. The van der Waals surface area contributed by atoms with Gasteiger partial charge < -0.3 is 4.90 Å². The molecule has 1 aliphatic rings. The molecule has 0 unspecified atom stereocenters. The molecule has 0 fully saturated rings. The van der Waals surface area contributed by atoms with E-state index in [1.54, 1.807) is 0 Å². The summed E-state index contributed by atoms with van der Waals surface area (Å²) >= 11 is 5.48. The molecule has 1 heterocycles. The molecule has 19 heavy (non-hydrogen) atoms. The first-order valence-electron chi connectivity index (χ1n) is 5.16. The summed E-state index contributed by atoms with van der Waals surface area (Å²) in [6, 6.07) is 4.28. The van der Waals surface area contributed by atoms with Crippen LogP contribution in [0.2, 0.25) is 5.02 Å². The number of hydrogen-bond acceptors (Lipinski definition) is 3. The summed E-state index contributed by atoms with van der Waals surface area (Å²) in [6.45, 7) is -0.177. The van der Waals surface area contributed by atoms with Gasteiger partial charge in [-0.2, -0.15) is 13.2 Å². The Morgan fingerprint density at radius 1 is 1.26 bits per heavy atom. The van der Waals surface area contributed by atoms with Gasteiger partial charge in [-0.3, -0.25) is 9.59 Å². The SMILES string of the molecule is O=C1C(=O)N(CCSC(F)(F)F)c2ccc(Cl)cc21. The maximum Gasteiger partial charge on any atom is 0.441 e. The van der Waals surface area contributed by atoms with Crippen LogP contribution < -0.4 is 4.90 Å². The molecular formula is C11H7ClF3NO2S. The predicted molar refractivity (Wildman–Crippen MR) is 66.6 cm³/mol. The van der Waals surface area contributed by atoms with E-state index >= 15 is 0 Å². The zero-order chi connectivity index (χ0) is 14.2. The molecule has 0 saturated carbocycles. The fraction of sp³-hybridized carbons (Fsp3) is 0.273. The largest absolute Gasteiger partial charge is 0.441 e. The third-order valence-corrected chi connectivity index (χ3v) is 3.46. The molecule has 1 amide bonds. The number of rotatable bonds is 3. The Kier molecular flexibility index (Phi) is 3.78. The summed E-state index contributed by atoms with van der Waals surface area (Å²) in [5.74, 6) is -1.89. The number of alkyl halides is 3. The third-order valence-electron chi connectivity index (χ3n) is 2.51. The van der Waals surface area contributed by atoms with E-state index in [9.17, 15) is 22.8 Å². The lowest BCUT2D eigenvalue weighted by molar-refractivity contribution is -0.114. The number of hydrogen-bond donors (Lipinski definition) is 0.